The molecule has 0 fully saturated rings. The Morgan fingerprint density at radius 1 is 1.47 bits per heavy atom. The maximum atomic E-state index is 13.2. The van der Waals surface area contributed by atoms with Gasteiger partial charge in [-0.1, -0.05) is 0 Å². The highest BCUT2D eigenvalue weighted by Gasteiger charge is 2.41. The number of halogens is 2. The highest BCUT2D eigenvalue weighted by molar-refractivity contribution is 5.81. The fourth-order valence-corrected chi connectivity index (χ4v) is 1.45. The first-order valence-corrected chi connectivity index (χ1v) is 4.55. The Balaban J connectivity index is 2.70. The number of carboxylic acids is 1. The minimum atomic E-state index is -4.00. The third-order valence-electron chi connectivity index (χ3n) is 2.42. The number of aryl methyl sites for hydroxylation is 1. The van der Waals surface area contributed by atoms with Crippen LogP contribution in [0.25, 0.3) is 11.1 Å². The lowest BCUT2D eigenvalue weighted by molar-refractivity contribution is -0.166. The zero-order valence-electron chi connectivity index (χ0n) is 8.61. The van der Waals surface area contributed by atoms with Gasteiger partial charge in [0.1, 0.15) is 0 Å². The number of hydrogen-bond acceptors (Lipinski definition) is 3. The average Bonchev–Trinajstić information content (AvgIpc) is 2.54. The van der Waals surface area contributed by atoms with Crippen LogP contribution in [0, 0.1) is 0 Å². The van der Waals surface area contributed by atoms with Crippen molar-refractivity contribution in [2.24, 2.45) is 7.05 Å². The van der Waals surface area contributed by atoms with E-state index in [1.54, 1.807) is 0 Å². The van der Waals surface area contributed by atoms with E-state index in [0.29, 0.717) is 0 Å². The molecular weight excluding hydrogens is 236 g/mol. The SMILES string of the molecule is Cn1c(=O)oc2ccc(C(F)(F)C(=O)O)cc21. The number of alkyl halides is 2. The molecule has 0 spiro atoms. The molecule has 5 nitrogen and oxygen atoms in total. The zero-order valence-corrected chi connectivity index (χ0v) is 8.61. The first-order chi connectivity index (χ1) is 7.84. The number of aromatic nitrogens is 1. The molecule has 1 aromatic carbocycles. The van der Waals surface area contributed by atoms with Gasteiger partial charge in [-0.2, -0.15) is 8.78 Å². The van der Waals surface area contributed by atoms with E-state index in [4.69, 9.17) is 9.52 Å². The number of oxazole rings is 1. The van der Waals surface area contributed by atoms with Gasteiger partial charge in [0.2, 0.25) is 0 Å². The molecule has 0 radical (unpaired) electrons. The molecule has 90 valence electrons. The summed E-state index contributed by atoms with van der Waals surface area (Å²) in [5.41, 5.74) is -0.454. The lowest BCUT2D eigenvalue weighted by atomic mass is 10.1. The van der Waals surface area contributed by atoms with E-state index < -0.39 is 23.2 Å². The second kappa shape index (κ2) is 3.41. The number of nitrogens with zero attached hydrogens (tertiary/aromatic N) is 1. The summed E-state index contributed by atoms with van der Waals surface area (Å²) in [5.74, 6) is -6.94. The number of hydrogen-bond donors (Lipinski definition) is 1. The predicted molar refractivity (Wildman–Crippen MR) is 53.0 cm³/mol. The van der Waals surface area contributed by atoms with Crippen LogP contribution in [0.2, 0.25) is 0 Å². The lowest BCUT2D eigenvalue weighted by Gasteiger charge is -2.10. The second-order valence-electron chi connectivity index (χ2n) is 3.49. The largest absolute Gasteiger partial charge is 0.477 e. The molecule has 0 unspecified atom stereocenters. The van der Waals surface area contributed by atoms with Crippen LogP contribution in [-0.2, 0) is 17.8 Å². The van der Waals surface area contributed by atoms with Gasteiger partial charge in [-0.25, -0.2) is 9.59 Å². The summed E-state index contributed by atoms with van der Waals surface area (Å²) < 4.78 is 32.2. The Kier molecular flexibility index (Phi) is 2.27. The third-order valence-corrected chi connectivity index (χ3v) is 2.42. The van der Waals surface area contributed by atoms with Crippen LogP contribution in [0.1, 0.15) is 5.56 Å². The molecule has 7 heteroatoms. The molecule has 2 rings (SSSR count). The molecule has 0 amide bonds. The summed E-state index contributed by atoms with van der Waals surface area (Å²) in [7, 11) is 1.34. The van der Waals surface area contributed by atoms with Gasteiger partial charge in [-0.15, -0.1) is 0 Å². The fourth-order valence-electron chi connectivity index (χ4n) is 1.45. The summed E-state index contributed by atoms with van der Waals surface area (Å²) in [5, 5.41) is 8.40. The highest BCUT2D eigenvalue weighted by Crippen LogP contribution is 2.30. The second-order valence-corrected chi connectivity index (χ2v) is 3.49. The van der Waals surface area contributed by atoms with Crippen molar-refractivity contribution in [2.75, 3.05) is 0 Å². The maximum absolute atomic E-state index is 13.2. The van der Waals surface area contributed by atoms with Crippen molar-refractivity contribution < 1.29 is 23.1 Å². The van der Waals surface area contributed by atoms with Crippen molar-refractivity contribution in [1.82, 2.24) is 4.57 Å². The summed E-state index contributed by atoms with van der Waals surface area (Å²) in [6.45, 7) is 0. The Morgan fingerprint density at radius 3 is 2.71 bits per heavy atom. The van der Waals surface area contributed by atoms with Crippen molar-refractivity contribution in [2.45, 2.75) is 5.92 Å². The van der Waals surface area contributed by atoms with E-state index in [1.165, 1.54) is 7.05 Å². The number of benzene rings is 1. The Labute approximate surface area is 92.9 Å². The van der Waals surface area contributed by atoms with Gasteiger partial charge in [0.05, 0.1) is 5.52 Å². The quantitative estimate of drug-likeness (QED) is 0.863. The topological polar surface area (TPSA) is 72.4 Å². The van der Waals surface area contributed by atoms with Crippen LogP contribution in [-0.4, -0.2) is 15.6 Å². The van der Waals surface area contributed by atoms with Crippen LogP contribution in [0.3, 0.4) is 0 Å². The summed E-state index contributed by atoms with van der Waals surface area (Å²) in [6, 6.07) is 2.98. The van der Waals surface area contributed by atoms with Gasteiger partial charge in [-0.3, -0.25) is 4.57 Å². The smallest absolute Gasteiger partial charge is 0.419 e. The molecule has 0 atom stereocenters. The number of carbonyl (C=O) groups is 1. The molecule has 0 aliphatic heterocycles. The van der Waals surface area contributed by atoms with E-state index in [-0.39, 0.29) is 11.1 Å². The summed E-state index contributed by atoms with van der Waals surface area (Å²) in [4.78, 5) is 21.5. The van der Waals surface area contributed by atoms with Crippen LogP contribution < -0.4 is 5.76 Å². The molecule has 1 aromatic heterocycles. The molecule has 2 aromatic rings. The normalized spacial score (nSPS) is 11.9. The van der Waals surface area contributed by atoms with Crippen molar-refractivity contribution >= 4 is 17.1 Å². The summed E-state index contributed by atoms with van der Waals surface area (Å²) in [6.07, 6.45) is 0. The minimum absolute atomic E-state index is 0.119. The first-order valence-electron chi connectivity index (χ1n) is 4.55. The maximum Gasteiger partial charge on any atom is 0.419 e. The van der Waals surface area contributed by atoms with E-state index in [1.807, 2.05) is 0 Å². The van der Waals surface area contributed by atoms with Crippen molar-refractivity contribution in [3.8, 4) is 0 Å². The van der Waals surface area contributed by atoms with Crippen LogP contribution >= 0.6 is 0 Å². The number of aliphatic carboxylic acids is 1. The molecule has 1 heterocycles. The highest BCUT2D eigenvalue weighted by atomic mass is 19.3. The molecular formula is C10H7F2NO4. The molecule has 17 heavy (non-hydrogen) atoms. The fraction of sp³-hybridized carbons (Fsp3) is 0.200. The average molecular weight is 243 g/mol. The Bertz CT molecular complexity index is 656. The van der Waals surface area contributed by atoms with Crippen LogP contribution in [0.4, 0.5) is 8.78 Å². The number of rotatable bonds is 2. The molecule has 0 saturated carbocycles. The van der Waals surface area contributed by atoms with Gasteiger partial charge in [0.15, 0.2) is 5.58 Å². The molecule has 1 N–H and O–H groups in total. The van der Waals surface area contributed by atoms with Gasteiger partial charge in [-0.05, 0) is 18.2 Å². The van der Waals surface area contributed by atoms with Gasteiger partial charge in [0.25, 0.3) is 0 Å². The zero-order chi connectivity index (χ0) is 12.8. The lowest BCUT2D eigenvalue weighted by Crippen LogP contribution is -2.25. The molecule has 0 bridgehead atoms. The number of carboxylic acid groups (broad SMARTS) is 1. The predicted octanol–water partition coefficient (Wildman–Crippen LogP) is 1.31. The van der Waals surface area contributed by atoms with Crippen molar-refractivity contribution in [3.05, 3.63) is 34.3 Å². The van der Waals surface area contributed by atoms with E-state index in [0.717, 1.165) is 22.8 Å². The van der Waals surface area contributed by atoms with Gasteiger partial charge >= 0.3 is 17.6 Å². The van der Waals surface area contributed by atoms with Crippen molar-refractivity contribution in [3.63, 3.8) is 0 Å². The molecule has 0 aliphatic rings. The van der Waals surface area contributed by atoms with Crippen LogP contribution in [0.5, 0.6) is 0 Å². The molecule has 0 saturated heterocycles. The van der Waals surface area contributed by atoms with Gasteiger partial charge in [0, 0.05) is 12.6 Å². The van der Waals surface area contributed by atoms with E-state index in [9.17, 15) is 18.4 Å². The minimum Gasteiger partial charge on any atom is -0.477 e. The Morgan fingerprint density at radius 2 is 2.12 bits per heavy atom. The van der Waals surface area contributed by atoms with Crippen LogP contribution in [0.15, 0.2) is 27.4 Å². The standard InChI is InChI=1S/C10H7F2NO4/c1-13-6-4-5(10(11,12)8(14)15)2-3-7(6)17-9(13)16/h2-4H,1H3,(H,14,15). The van der Waals surface area contributed by atoms with Gasteiger partial charge < -0.3 is 9.52 Å². The van der Waals surface area contributed by atoms with E-state index in [2.05, 4.69) is 0 Å². The number of fused-ring (bicyclic) bond motifs is 1. The summed E-state index contributed by atoms with van der Waals surface area (Å²) >= 11 is 0. The third kappa shape index (κ3) is 1.59. The first kappa shape index (κ1) is 11.3. The van der Waals surface area contributed by atoms with Crippen molar-refractivity contribution in [1.29, 1.82) is 0 Å². The Hall–Kier alpha value is -2.18. The molecule has 0 aliphatic carbocycles. The monoisotopic (exact) mass is 243 g/mol. The van der Waals surface area contributed by atoms with E-state index >= 15 is 0 Å².